The fraction of sp³-hybridized carbons (Fsp3) is 0.286. The summed E-state index contributed by atoms with van der Waals surface area (Å²) in [5, 5.41) is 13.5. The van der Waals surface area contributed by atoms with Gasteiger partial charge >= 0.3 is 0 Å². The highest BCUT2D eigenvalue weighted by Crippen LogP contribution is 2.08. The van der Waals surface area contributed by atoms with Crippen molar-refractivity contribution in [1.82, 2.24) is 14.7 Å². The first-order valence-corrected chi connectivity index (χ1v) is 6.12. The highest BCUT2D eigenvalue weighted by atomic mass is 16.3. The molecule has 5 heteroatoms. The van der Waals surface area contributed by atoms with Crippen LogP contribution in [0.4, 0.5) is 0 Å². The minimum absolute atomic E-state index is 0.199. The second kappa shape index (κ2) is 5.67. The van der Waals surface area contributed by atoms with Crippen molar-refractivity contribution in [1.29, 1.82) is 0 Å². The molecular weight excluding hydrogens is 242 g/mol. The van der Waals surface area contributed by atoms with E-state index in [9.17, 15) is 9.90 Å². The van der Waals surface area contributed by atoms with Crippen molar-refractivity contribution < 1.29 is 9.90 Å². The maximum Gasteiger partial charge on any atom is 0.274 e. The summed E-state index contributed by atoms with van der Waals surface area (Å²) >= 11 is 0. The summed E-state index contributed by atoms with van der Waals surface area (Å²) < 4.78 is 1.66. The van der Waals surface area contributed by atoms with Crippen molar-refractivity contribution >= 4 is 5.91 Å². The number of likely N-dealkylation sites (N-methyl/N-ethyl adjacent to an activating group) is 1. The molecule has 2 aromatic rings. The predicted octanol–water partition coefficient (Wildman–Crippen LogP) is 1.33. The highest BCUT2D eigenvalue weighted by molar-refractivity contribution is 5.92. The van der Waals surface area contributed by atoms with Gasteiger partial charge in [-0.25, -0.2) is 4.68 Å². The molecule has 0 aliphatic carbocycles. The van der Waals surface area contributed by atoms with E-state index in [2.05, 4.69) is 5.10 Å². The SMILES string of the molecule is CC(O)CN(C)C(=O)c1ccn(-c2ccccc2)n1. The first kappa shape index (κ1) is 13.3. The van der Waals surface area contributed by atoms with Crippen LogP contribution >= 0.6 is 0 Å². The lowest BCUT2D eigenvalue weighted by Gasteiger charge is -2.17. The monoisotopic (exact) mass is 259 g/mol. The Kier molecular flexibility index (Phi) is 3.97. The van der Waals surface area contributed by atoms with Crippen molar-refractivity contribution in [3.05, 3.63) is 48.3 Å². The molecule has 1 unspecified atom stereocenters. The number of amides is 1. The number of aromatic nitrogens is 2. The molecule has 19 heavy (non-hydrogen) atoms. The molecule has 0 saturated carbocycles. The van der Waals surface area contributed by atoms with Gasteiger partial charge < -0.3 is 10.0 Å². The fourth-order valence-electron chi connectivity index (χ4n) is 1.84. The van der Waals surface area contributed by atoms with Gasteiger partial charge in [-0.05, 0) is 25.1 Å². The second-order valence-electron chi connectivity index (χ2n) is 4.52. The largest absolute Gasteiger partial charge is 0.392 e. The molecule has 0 aliphatic rings. The topological polar surface area (TPSA) is 58.4 Å². The number of aliphatic hydroxyl groups excluding tert-OH is 1. The summed E-state index contributed by atoms with van der Waals surface area (Å²) in [5.41, 5.74) is 1.27. The molecule has 0 bridgehead atoms. The smallest absolute Gasteiger partial charge is 0.274 e. The standard InChI is InChI=1S/C14H17N3O2/c1-11(18)10-16(2)14(19)13-8-9-17(15-13)12-6-4-3-5-7-12/h3-9,11,18H,10H2,1-2H3. The lowest BCUT2D eigenvalue weighted by Crippen LogP contribution is -2.33. The number of carbonyl (C=O) groups is 1. The zero-order valence-corrected chi connectivity index (χ0v) is 11.0. The molecule has 2 rings (SSSR count). The van der Waals surface area contributed by atoms with Gasteiger partial charge in [0.25, 0.3) is 5.91 Å². The number of rotatable bonds is 4. The predicted molar refractivity (Wildman–Crippen MR) is 72.2 cm³/mol. The lowest BCUT2D eigenvalue weighted by molar-refractivity contribution is 0.0697. The first-order chi connectivity index (χ1) is 9.08. The number of carbonyl (C=O) groups excluding carboxylic acids is 1. The van der Waals surface area contributed by atoms with Crippen molar-refractivity contribution in [2.24, 2.45) is 0 Å². The van der Waals surface area contributed by atoms with E-state index >= 15 is 0 Å². The molecule has 1 amide bonds. The Morgan fingerprint density at radius 2 is 2.05 bits per heavy atom. The number of para-hydroxylation sites is 1. The Bertz CT molecular complexity index is 549. The van der Waals surface area contributed by atoms with Crippen molar-refractivity contribution in [3.63, 3.8) is 0 Å². The van der Waals surface area contributed by atoms with E-state index in [1.807, 2.05) is 30.3 Å². The van der Waals surface area contributed by atoms with E-state index in [4.69, 9.17) is 0 Å². The zero-order valence-electron chi connectivity index (χ0n) is 11.0. The number of hydrogen-bond acceptors (Lipinski definition) is 3. The molecule has 0 spiro atoms. The normalized spacial score (nSPS) is 12.2. The molecule has 0 radical (unpaired) electrons. The number of hydrogen-bond donors (Lipinski definition) is 1. The maximum absolute atomic E-state index is 12.1. The number of benzene rings is 1. The lowest BCUT2D eigenvalue weighted by atomic mass is 10.3. The van der Waals surface area contributed by atoms with Crippen LogP contribution in [-0.2, 0) is 0 Å². The summed E-state index contributed by atoms with van der Waals surface area (Å²) in [7, 11) is 1.65. The van der Waals surface area contributed by atoms with Crippen LogP contribution in [0.25, 0.3) is 5.69 Å². The van der Waals surface area contributed by atoms with Gasteiger partial charge in [0.1, 0.15) is 0 Å². The van der Waals surface area contributed by atoms with E-state index in [-0.39, 0.29) is 12.5 Å². The third kappa shape index (κ3) is 3.20. The van der Waals surface area contributed by atoms with Crippen LogP contribution in [0.3, 0.4) is 0 Å². The summed E-state index contributed by atoms with van der Waals surface area (Å²) in [5.74, 6) is -0.199. The molecule has 100 valence electrons. The van der Waals surface area contributed by atoms with Gasteiger partial charge in [0.15, 0.2) is 5.69 Å². The summed E-state index contributed by atoms with van der Waals surface area (Å²) in [4.78, 5) is 13.5. The first-order valence-electron chi connectivity index (χ1n) is 6.12. The van der Waals surface area contributed by atoms with Crippen LogP contribution in [0.1, 0.15) is 17.4 Å². The summed E-state index contributed by atoms with van der Waals surface area (Å²) in [6, 6.07) is 11.3. The maximum atomic E-state index is 12.1. The van der Waals surface area contributed by atoms with Crippen LogP contribution in [0.15, 0.2) is 42.6 Å². The van der Waals surface area contributed by atoms with E-state index < -0.39 is 6.10 Å². The van der Waals surface area contributed by atoms with Crippen LogP contribution < -0.4 is 0 Å². The molecule has 0 fully saturated rings. The zero-order chi connectivity index (χ0) is 13.8. The molecule has 0 saturated heterocycles. The van der Waals surface area contributed by atoms with Crippen LogP contribution in [-0.4, -0.2) is 45.4 Å². The Hall–Kier alpha value is -2.14. The Balaban J connectivity index is 2.15. The number of aliphatic hydroxyl groups is 1. The third-order valence-electron chi connectivity index (χ3n) is 2.71. The molecule has 5 nitrogen and oxygen atoms in total. The van der Waals surface area contributed by atoms with Gasteiger partial charge in [0.2, 0.25) is 0 Å². The summed E-state index contributed by atoms with van der Waals surface area (Å²) in [6.07, 6.45) is 1.20. The van der Waals surface area contributed by atoms with Crippen LogP contribution in [0.2, 0.25) is 0 Å². The van der Waals surface area contributed by atoms with E-state index in [0.29, 0.717) is 5.69 Å². The van der Waals surface area contributed by atoms with Gasteiger partial charge in [0.05, 0.1) is 11.8 Å². The molecule has 1 heterocycles. The molecule has 1 atom stereocenters. The molecule has 1 aromatic carbocycles. The van der Waals surface area contributed by atoms with Gasteiger partial charge in [-0.1, -0.05) is 18.2 Å². The Labute approximate surface area is 112 Å². The Morgan fingerprint density at radius 3 is 2.68 bits per heavy atom. The van der Waals surface area contributed by atoms with E-state index in [0.717, 1.165) is 5.69 Å². The van der Waals surface area contributed by atoms with Crippen molar-refractivity contribution in [3.8, 4) is 5.69 Å². The molecule has 0 aliphatic heterocycles. The van der Waals surface area contributed by atoms with Crippen molar-refractivity contribution in [2.45, 2.75) is 13.0 Å². The summed E-state index contributed by atoms with van der Waals surface area (Å²) in [6.45, 7) is 1.93. The van der Waals surface area contributed by atoms with Gasteiger partial charge in [-0.3, -0.25) is 4.79 Å². The van der Waals surface area contributed by atoms with Gasteiger partial charge in [-0.2, -0.15) is 5.10 Å². The minimum Gasteiger partial charge on any atom is -0.392 e. The van der Waals surface area contributed by atoms with Gasteiger partial charge in [-0.15, -0.1) is 0 Å². The van der Waals surface area contributed by atoms with Crippen molar-refractivity contribution in [2.75, 3.05) is 13.6 Å². The quantitative estimate of drug-likeness (QED) is 0.901. The molecule has 1 aromatic heterocycles. The van der Waals surface area contributed by atoms with Crippen LogP contribution in [0.5, 0.6) is 0 Å². The molecule has 1 N–H and O–H groups in total. The Morgan fingerprint density at radius 1 is 1.37 bits per heavy atom. The average molecular weight is 259 g/mol. The van der Waals surface area contributed by atoms with Gasteiger partial charge in [0, 0.05) is 19.8 Å². The fourth-order valence-corrected chi connectivity index (χ4v) is 1.84. The second-order valence-corrected chi connectivity index (χ2v) is 4.52. The van der Waals surface area contributed by atoms with E-state index in [1.54, 1.807) is 30.9 Å². The average Bonchev–Trinajstić information content (AvgIpc) is 2.87. The molecular formula is C14H17N3O2. The van der Waals surface area contributed by atoms with E-state index in [1.165, 1.54) is 4.90 Å². The third-order valence-corrected chi connectivity index (χ3v) is 2.71. The minimum atomic E-state index is -0.551. The number of nitrogens with zero attached hydrogens (tertiary/aromatic N) is 3. The highest BCUT2D eigenvalue weighted by Gasteiger charge is 2.16. The van der Waals surface area contributed by atoms with Crippen LogP contribution in [0, 0.1) is 0 Å².